The number of hydrogen-bond donors (Lipinski definition) is 1. The number of imidazole rings is 1. The molecule has 2 N–H and O–H groups in total. The second-order valence-corrected chi connectivity index (χ2v) is 3.20. The number of hydroxylamine groups is 2. The number of anilines is 1. The SMILES string of the molecule is N#CN(C#N)OCCn1cnc2c(N)ncnc21. The van der Waals surface area contributed by atoms with E-state index in [-0.39, 0.29) is 6.61 Å². The Labute approximate surface area is 102 Å². The van der Waals surface area contributed by atoms with Crippen LogP contribution in [0.3, 0.4) is 0 Å². The Morgan fingerprint density at radius 2 is 2.11 bits per heavy atom. The highest BCUT2D eigenvalue weighted by atomic mass is 16.7. The average Bonchev–Trinajstić information content (AvgIpc) is 2.80. The molecule has 0 bridgehead atoms. The first-order valence-corrected chi connectivity index (χ1v) is 4.90. The van der Waals surface area contributed by atoms with Crippen molar-refractivity contribution >= 4 is 17.0 Å². The van der Waals surface area contributed by atoms with Crippen LogP contribution in [0, 0.1) is 22.9 Å². The molecule has 2 aromatic heterocycles. The van der Waals surface area contributed by atoms with Crippen molar-refractivity contribution in [1.29, 1.82) is 10.5 Å². The van der Waals surface area contributed by atoms with Crippen molar-refractivity contribution in [3.8, 4) is 12.4 Å². The summed E-state index contributed by atoms with van der Waals surface area (Å²) in [5.41, 5.74) is 6.72. The van der Waals surface area contributed by atoms with Crippen LogP contribution < -0.4 is 5.73 Å². The minimum Gasteiger partial charge on any atom is -0.382 e. The van der Waals surface area contributed by atoms with Gasteiger partial charge in [-0.25, -0.2) is 19.8 Å². The lowest BCUT2D eigenvalue weighted by Crippen LogP contribution is -2.15. The van der Waals surface area contributed by atoms with E-state index in [1.165, 1.54) is 6.33 Å². The number of aromatic nitrogens is 4. The molecule has 0 aliphatic rings. The second kappa shape index (κ2) is 4.95. The third kappa shape index (κ3) is 2.11. The molecular weight excluding hydrogens is 236 g/mol. The van der Waals surface area contributed by atoms with E-state index in [4.69, 9.17) is 21.1 Å². The molecule has 2 heterocycles. The molecule has 18 heavy (non-hydrogen) atoms. The maximum atomic E-state index is 8.46. The molecule has 90 valence electrons. The predicted octanol–water partition coefficient (Wildman–Crippen LogP) is -0.396. The van der Waals surface area contributed by atoms with Crippen LogP contribution in [0.2, 0.25) is 0 Å². The van der Waals surface area contributed by atoms with Crippen LogP contribution in [0.25, 0.3) is 11.2 Å². The van der Waals surface area contributed by atoms with E-state index in [9.17, 15) is 0 Å². The molecule has 0 aliphatic carbocycles. The molecule has 2 rings (SSSR count). The van der Waals surface area contributed by atoms with Crippen molar-refractivity contribution in [2.24, 2.45) is 0 Å². The second-order valence-electron chi connectivity index (χ2n) is 3.20. The Morgan fingerprint density at radius 1 is 1.33 bits per heavy atom. The number of nitriles is 2. The Hall–Kier alpha value is -2.91. The number of nitrogens with two attached hydrogens (primary N) is 1. The van der Waals surface area contributed by atoms with E-state index in [1.54, 1.807) is 23.3 Å². The molecule has 0 saturated carbocycles. The monoisotopic (exact) mass is 244 g/mol. The summed E-state index contributed by atoms with van der Waals surface area (Å²) in [6.45, 7) is 0.517. The summed E-state index contributed by atoms with van der Waals surface area (Å²) in [5, 5.41) is 17.4. The van der Waals surface area contributed by atoms with Gasteiger partial charge in [-0.3, -0.25) is 0 Å². The number of rotatable bonds is 4. The standard InChI is InChI=1S/C9H8N8O/c10-3-17(4-11)18-2-1-16-6-15-7-8(12)13-5-14-9(7)16/h5-6H,1-2H2,(H2,12,13,14). The van der Waals surface area contributed by atoms with E-state index < -0.39 is 0 Å². The topological polar surface area (TPSA) is 130 Å². The summed E-state index contributed by atoms with van der Waals surface area (Å²) >= 11 is 0. The molecule has 0 atom stereocenters. The summed E-state index contributed by atoms with van der Waals surface area (Å²) in [7, 11) is 0. The van der Waals surface area contributed by atoms with Gasteiger partial charge in [0.2, 0.25) is 12.4 Å². The molecule has 0 radical (unpaired) electrons. The zero-order valence-electron chi connectivity index (χ0n) is 9.19. The molecule has 0 unspecified atom stereocenters. The third-order valence-electron chi connectivity index (χ3n) is 2.16. The first kappa shape index (κ1) is 11.6. The summed E-state index contributed by atoms with van der Waals surface area (Å²) in [5.74, 6) is 0.301. The van der Waals surface area contributed by atoms with E-state index in [0.29, 0.717) is 28.6 Å². The highest BCUT2D eigenvalue weighted by molar-refractivity contribution is 5.80. The normalized spacial score (nSPS) is 9.89. The fourth-order valence-corrected chi connectivity index (χ4v) is 1.37. The van der Waals surface area contributed by atoms with Gasteiger partial charge in [-0.05, 0) is 0 Å². The van der Waals surface area contributed by atoms with Crippen molar-refractivity contribution in [2.45, 2.75) is 6.54 Å². The molecule has 0 aliphatic heterocycles. The average molecular weight is 244 g/mol. The third-order valence-corrected chi connectivity index (χ3v) is 2.16. The molecule has 0 aromatic carbocycles. The maximum absolute atomic E-state index is 8.46. The van der Waals surface area contributed by atoms with Gasteiger partial charge in [-0.15, -0.1) is 0 Å². The van der Waals surface area contributed by atoms with Crippen LogP contribution in [0.1, 0.15) is 0 Å². The van der Waals surface area contributed by atoms with E-state index in [2.05, 4.69) is 15.0 Å². The molecular formula is C9H8N8O. The maximum Gasteiger partial charge on any atom is 0.221 e. The largest absolute Gasteiger partial charge is 0.382 e. The van der Waals surface area contributed by atoms with Gasteiger partial charge < -0.3 is 10.3 Å². The first-order chi connectivity index (χ1) is 8.76. The van der Waals surface area contributed by atoms with Gasteiger partial charge in [-0.1, -0.05) is 5.06 Å². The van der Waals surface area contributed by atoms with Crippen LogP contribution in [0.4, 0.5) is 5.82 Å². The minimum absolute atomic E-state index is 0.135. The van der Waals surface area contributed by atoms with E-state index in [0.717, 1.165) is 0 Å². The van der Waals surface area contributed by atoms with Gasteiger partial charge in [0.15, 0.2) is 11.5 Å². The molecule has 0 fully saturated rings. The fourth-order valence-electron chi connectivity index (χ4n) is 1.37. The Balaban J connectivity index is 2.08. The van der Waals surface area contributed by atoms with Gasteiger partial charge in [0.05, 0.1) is 19.5 Å². The zero-order valence-corrected chi connectivity index (χ0v) is 9.19. The fraction of sp³-hybridized carbons (Fsp3) is 0.222. The van der Waals surface area contributed by atoms with Crippen LogP contribution in [-0.4, -0.2) is 31.2 Å². The smallest absolute Gasteiger partial charge is 0.221 e. The van der Waals surface area contributed by atoms with Crippen LogP contribution in [0.5, 0.6) is 0 Å². The number of nitrogens with zero attached hydrogens (tertiary/aromatic N) is 7. The van der Waals surface area contributed by atoms with Crippen LogP contribution in [0.15, 0.2) is 12.7 Å². The Kier molecular flexibility index (Phi) is 3.18. The Morgan fingerprint density at radius 3 is 2.83 bits per heavy atom. The van der Waals surface area contributed by atoms with Gasteiger partial charge >= 0.3 is 0 Å². The van der Waals surface area contributed by atoms with E-state index >= 15 is 0 Å². The molecule has 0 amide bonds. The van der Waals surface area contributed by atoms with E-state index in [1.807, 2.05) is 0 Å². The zero-order chi connectivity index (χ0) is 13.0. The minimum atomic E-state index is 0.135. The quantitative estimate of drug-likeness (QED) is 0.437. The van der Waals surface area contributed by atoms with Crippen molar-refractivity contribution < 1.29 is 4.84 Å². The molecule has 0 spiro atoms. The van der Waals surface area contributed by atoms with Gasteiger partial charge in [-0.2, -0.15) is 10.5 Å². The van der Waals surface area contributed by atoms with Crippen molar-refractivity contribution in [2.75, 3.05) is 12.3 Å². The lowest BCUT2D eigenvalue weighted by molar-refractivity contribution is -0.0689. The van der Waals surface area contributed by atoms with Crippen molar-refractivity contribution in [1.82, 2.24) is 24.6 Å². The predicted molar refractivity (Wildman–Crippen MR) is 58.8 cm³/mol. The number of hydrogen-bond acceptors (Lipinski definition) is 8. The highest BCUT2D eigenvalue weighted by Gasteiger charge is 2.08. The molecule has 2 aromatic rings. The highest BCUT2D eigenvalue weighted by Crippen LogP contribution is 2.13. The van der Waals surface area contributed by atoms with Gasteiger partial charge in [0.1, 0.15) is 11.8 Å². The molecule has 9 nitrogen and oxygen atoms in total. The summed E-state index contributed by atoms with van der Waals surface area (Å²) < 4.78 is 1.69. The number of nitrogen functional groups attached to an aromatic ring is 1. The Bertz CT molecular complexity index is 622. The van der Waals surface area contributed by atoms with Gasteiger partial charge in [0, 0.05) is 0 Å². The summed E-state index contributed by atoms with van der Waals surface area (Å²) in [4.78, 5) is 16.8. The number of fused-ring (bicyclic) bond motifs is 1. The molecule has 9 heteroatoms. The van der Waals surface area contributed by atoms with Crippen molar-refractivity contribution in [3.63, 3.8) is 0 Å². The lowest BCUT2D eigenvalue weighted by Gasteiger charge is -2.06. The summed E-state index contributed by atoms with van der Waals surface area (Å²) in [6, 6.07) is 0. The van der Waals surface area contributed by atoms with Crippen LogP contribution in [-0.2, 0) is 11.4 Å². The van der Waals surface area contributed by atoms with Crippen LogP contribution >= 0.6 is 0 Å². The first-order valence-electron chi connectivity index (χ1n) is 4.90. The lowest BCUT2D eigenvalue weighted by atomic mass is 10.5. The van der Waals surface area contributed by atoms with Crippen molar-refractivity contribution in [3.05, 3.63) is 12.7 Å². The molecule has 0 saturated heterocycles. The van der Waals surface area contributed by atoms with Gasteiger partial charge in [0.25, 0.3) is 0 Å². The summed E-state index contributed by atoms with van der Waals surface area (Å²) in [6.07, 6.45) is 6.00.